The van der Waals surface area contributed by atoms with Gasteiger partial charge in [0.2, 0.25) is 0 Å². The number of aromatic nitrogens is 3. The van der Waals surface area contributed by atoms with E-state index in [1.165, 1.54) is 27.1 Å². The molecule has 0 fully saturated rings. The largest absolute Gasteiger partial charge is 0.456 e. The molecule has 0 spiro atoms. The lowest BCUT2D eigenvalue weighted by Crippen LogP contribution is -2.00. The first-order valence-electron chi connectivity index (χ1n) is 17.1. The maximum Gasteiger partial charge on any atom is 0.164 e. The van der Waals surface area contributed by atoms with E-state index < -0.39 is 0 Å². The smallest absolute Gasteiger partial charge is 0.164 e. The summed E-state index contributed by atoms with van der Waals surface area (Å²) in [6.07, 6.45) is 0. The monoisotopic (exact) mass is 651 g/mol. The van der Waals surface area contributed by atoms with Crippen LogP contribution in [-0.4, -0.2) is 15.0 Å². The summed E-state index contributed by atoms with van der Waals surface area (Å²) in [5, 5.41) is 6.98. The molecule has 4 nitrogen and oxygen atoms in total. The molecule has 0 bridgehead atoms. The lowest BCUT2D eigenvalue weighted by Gasteiger charge is -2.12. The van der Waals surface area contributed by atoms with E-state index in [2.05, 4.69) is 127 Å². The third-order valence-corrected chi connectivity index (χ3v) is 9.73. The Morgan fingerprint density at radius 3 is 1.67 bits per heavy atom. The van der Waals surface area contributed by atoms with Crippen molar-refractivity contribution in [3.8, 4) is 56.4 Å². The van der Waals surface area contributed by atoms with Gasteiger partial charge in [-0.3, -0.25) is 0 Å². The molecular formula is C47H29N3O. The quantitative estimate of drug-likeness (QED) is 0.174. The summed E-state index contributed by atoms with van der Waals surface area (Å²) in [6.45, 7) is 0. The second-order valence-electron chi connectivity index (χ2n) is 12.8. The fourth-order valence-corrected chi connectivity index (χ4v) is 7.26. The normalized spacial score (nSPS) is 11.5. The highest BCUT2D eigenvalue weighted by molar-refractivity contribution is 6.14. The van der Waals surface area contributed by atoms with E-state index in [0.29, 0.717) is 17.5 Å². The molecule has 0 unspecified atom stereocenters. The van der Waals surface area contributed by atoms with Gasteiger partial charge in [0.25, 0.3) is 0 Å². The maximum absolute atomic E-state index is 6.45. The Hall–Kier alpha value is -6.91. The summed E-state index contributed by atoms with van der Waals surface area (Å²) in [7, 11) is 0. The highest BCUT2D eigenvalue weighted by atomic mass is 16.3. The van der Waals surface area contributed by atoms with Crippen molar-refractivity contribution in [2.45, 2.75) is 0 Å². The summed E-state index contributed by atoms with van der Waals surface area (Å²) in [4.78, 5) is 15.2. The van der Waals surface area contributed by atoms with Gasteiger partial charge < -0.3 is 4.42 Å². The molecule has 238 valence electrons. The van der Waals surface area contributed by atoms with Crippen LogP contribution in [0, 0.1) is 0 Å². The number of hydrogen-bond acceptors (Lipinski definition) is 4. The Morgan fingerprint density at radius 2 is 0.902 bits per heavy atom. The summed E-state index contributed by atoms with van der Waals surface area (Å²) >= 11 is 0. The highest BCUT2D eigenvalue weighted by Crippen LogP contribution is 2.39. The molecule has 0 atom stereocenters. The van der Waals surface area contributed by atoms with E-state index in [1.807, 2.05) is 48.5 Å². The number of furan rings is 1. The Labute approximate surface area is 294 Å². The number of rotatable bonds is 5. The van der Waals surface area contributed by atoms with Crippen LogP contribution in [0.4, 0.5) is 0 Å². The van der Waals surface area contributed by atoms with Crippen LogP contribution in [0.3, 0.4) is 0 Å². The average Bonchev–Trinajstić information content (AvgIpc) is 3.59. The van der Waals surface area contributed by atoms with Gasteiger partial charge in [-0.15, -0.1) is 0 Å². The van der Waals surface area contributed by atoms with Crippen LogP contribution in [0.2, 0.25) is 0 Å². The van der Waals surface area contributed by atoms with Gasteiger partial charge in [0, 0.05) is 27.5 Å². The minimum absolute atomic E-state index is 0.601. The van der Waals surface area contributed by atoms with Crippen molar-refractivity contribution in [2.24, 2.45) is 0 Å². The first-order chi connectivity index (χ1) is 25.3. The van der Waals surface area contributed by atoms with E-state index in [1.54, 1.807) is 0 Å². The minimum Gasteiger partial charge on any atom is -0.456 e. The van der Waals surface area contributed by atoms with E-state index in [-0.39, 0.29) is 0 Å². The molecule has 2 aromatic heterocycles. The Morgan fingerprint density at radius 1 is 0.314 bits per heavy atom. The van der Waals surface area contributed by atoms with Crippen molar-refractivity contribution in [3.63, 3.8) is 0 Å². The standard InChI is InChI=1S/C47H29N3O/c1-3-12-30(13-4-1)34-26-27-39-43(29-34)51-42-21-11-20-40(44(39)42)47-49-45(32-14-5-2-6-15-32)48-46(50-47)33-24-22-31(23-25-33)41-28-35-16-7-8-17-36(35)37-18-9-10-19-38(37)41/h1-29H. The molecule has 4 heteroatoms. The van der Waals surface area contributed by atoms with Gasteiger partial charge in [0.05, 0.1) is 0 Å². The third kappa shape index (κ3) is 5.04. The van der Waals surface area contributed by atoms with E-state index in [4.69, 9.17) is 19.4 Å². The number of hydrogen-bond donors (Lipinski definition) is 0. The van der Waals surface area contributed by atoms with Crippen molar-refractivity contribution in [3.05, 3.63) is 176 Å². The zero-order chi connectivity index (χ0) is 33.7. The highest BCUT2D eigenvalue weighted by Gasteiger charge is 2.18. The molecule has 0 radical (unpaired) electrons. The average molecular weight is 652 g/mol. The molecule has 0 aliphatic heterocycles. The Kier molecular flexibility index (Phi) is 6.78. The molecular weight excluding hydrogens is 623 g/mol. The van der Waals surface area contributed by atoms with Crippen LogP contribution < -0.4 is 0 Å². The third-order valence-electron chi connectivity index (χ3n) is 9.73. The van der Waals surface area contributed by atoms with Crippen molar-refractivity contribution < 1.29 is 4.42 Å². The predicted molar refractivity (Wildman–Crippen MR) is 209 cm³/mol. The molecule has 2 heterocycles. The maximum atomic E-state index is 6.45. The SMILES string of the molecule is c1ccc(-c2ccc3c(c2)oc2cccc(-c4nc(-c5ccccc5)nc(-c5ccc(-c6cc7ccccc7c7ccccc67)cc5)n4)c23)cc1. The van der Waals surface area contributed by atoms with Crippen molar-refractivity contribution >= 4 is 43.5 Å². The Balaban J connectivity index is 1.12. The first-order valence-corrected chi connectivity index (χ1v) is 17.1. The van der Waals surface area contributed by atoms with Crippen molar-refractivity contribution in [2.75, 3.05) is 0 Å². The zero-order valence-corrected chi connectivity index (χ0v) is 27.5. The van der Waals surface area contributed by atoms with Crippen LogP contribution in [0.5, 0.6) is 0 Å². The van der Waals surface area contributed by atoms with Gasteiger partial charge in [-0.2, -0.15) is 0 Å². The molecule has 0 N–H and O–H groups in total. The molecule has 10 aromatic rings. The topological polar surface area (TPSA) is 51.8 Å². The van der Waals surface area contributed by atoms with E-state index in [9.17, 15) is 0 Å². The van der Waals surface area contributed by atoms with Gasteiger partial charge in [0.15, 0.2) is 17.5 Å². The first kappa shape index (κ1) is 29.0. The second-order valence-corrected chi connectivity index (χ2v) is 12.8. The molecule has 51 heavy (non-hydrogen) atoms. The molecule has 0 amide bonds. The van der Waals surface area contributed by atoms with Crippen LogP contribution in [0.15, 0.2) is 180 Å². The van der Waals surface area contributed by atoms with Crippen LogP contribution in [0.1, 0.15) is 0 Å². The lowest BCUT2D eigenvalue weighted by atomic mass is 9.93. The van der Waals surface area contributed by atoms with Gasteiger partial charge in [0.1, 0.15) is 11.2 Å². The number of fused-ring (bicyclic) bond motifs is 6. The zero-order valence-electron chi connectivity index (χ0n) is 27.5. The molecule has 0 saturated carbocycles. The molecule has 10 rings (SSSR count). The van der Waals surface area contributed by atoms with Gasteiger partial charge in [-0.1, -0.05) is 152 Å². The van der Waals surface area contributed by atoms with Gasteiger partial charge >= 0.3 is 0 Å². The fraction of sp³-hybridized carbons (Fsp3) is 0. The number of benzene rings is 8. The van der Waals surface area contributed by atoms with Crippen molar-refractivity contribution in [1.29, 1.82) is 0 Å². The van der Waals surface area contributed by atoms with Crippen molar-refractivity contribution in [1.82, 2.24) is 15.0 Å². The van der Waals surface area contributed by atoms with E-state index in [0.717, 1.165) is 55.3 Å². The van der Waals surface area contributed by atoms with Crippen LogP contribution in [-0.2, 0) is 0 Å². The number of nitrogens with zero attached hydrogens (tertiary/aromatic N) is 3. The molecule has 0 aliphatic rings. The summed E-state index contributed by atoms with van der Waals surface area (Å²) in [6, 6.07) is 61.0. The Bertz CT molecular complexity index is 2900. The minimum atomic E-state index is 0.601. The summed E-state index contributed by atoms with van der Waals surface area (Å²) in [5.41, 5.74) is 8.97. The predicted octanol–water partition coefficient (Wildman–Crippen LogP) is 12.4. The molecule has 0 saturated heterocycles. The van der Waals surface area contributed by atoms with Crippen LogP contribution >= 0.6 is 0 Å². The van der Waals surface area contributed by atoms with Crippen LogP contribution in [0.25, 0.3) is 99.9 Å². The molecule has 8 aromatic carbocycles. The summed E-state index contributed by atoms with van der Waals surface area (Å²) in [5.74, 6) is 1.84. The fourth-order valence-electron chi connectivity index (χ4n) is 7.26. The lowest BCUT2D eigenvalue weighted by molar-refractivity contribution is 0.669. The summed E-state index contributed by atoms with van der Waals surface area (Å²) < 4.78 is 6.45. The van der Waals surface area contributed by atoms with Gasteiger partial charge in [-0.25, -0.2) is 15.0 Å². The van der Waals surface area contributed by atoms with E-state index >= 15 is 0 Å². The molecule has 0 aliphatic carbocycles. The second kappa shape index (κ2) is 11.9. The van der Waals surface area contributed by atoms with Gasteiger partial charge in [-0.05, 0) is 68.1 Å².